The second-order valence-electron chi connectivity index (χ2n) is 5.01. The number of ether oxygens (including phenoxy) is 1. The lowest BCUT2D eigenvalue weighted by Gasteiger charge is -2.06. The normalized spacial score (nSPS) is 10.6. The van der Waals surface area contributed by atoms with Gasteiger partial charge in [-0.25, -0.2) is 5.43 Å². The number of nitro groups is 1. The Bertz CT molecular complexity index is 839. The van der Waals surface area contributed by atoms with E-state index in [-0.39, 0.29) is 17.2 Å². The van der Waals surface area contributed by atoms with Gasteiger partial charge in [-0.3, -0.25) is 14.9 Å². The lowest BCUT2D eigenvalue weighted by Crippen LogP contribution is -2.24. The summed E-state index contributed by atoms with van der Waals surface area (Å²) in [5.41, 5.74) is 2.99. The van der Waals surface area contributed by atoms with Crippen LogP contribution in [0.15, 0.2) is 41.5 Å². The number of benzene rings is 2. The number of phenolic OH excluding ortho intramolecular Hbond substituents is 1. The largest absolute Gasteiger partial charge is 0.507 e. The molecule has 2 rings (SSSR count). The van der Waals surface area contributed by atoms with E-state index in [1.54, 1.807) is 13.0 Å². The van der Waals surface area contributed by atoms with Crippen LogP contribution in [0.1, 0.15) is 11.1 Å². The van der Waals surface area contributed by atoms with E-state index in [0.717, 1.165) is 0 Å². The number of hydrogen-bond donors (Lipinski definition) is 2. The summed E-state index contributed by atoms with van der Waals surface area (Å²) in [5.74, 6) is -0.677. The first-order valence-electron chi connectivity index (χ1n) is 7.05. The lowest BCUT2D eigenvalue weighted by atomic mass is 10.2. The van der Waals surface area contributed by atoms with Crippen LogP contribution in [0.3, 0.4) is 0 Å². The number of aromatic hydroxyl groups is 1. The van der Waals surface area contributed by atoms with Crippen LogP contribution < -0.4 is 10.2 Å². The zero-order chi connectivity index (χ0) is 18.4. The molecule has 25 heavy (non-hydrogen) atoms. The van der Waals surface area contributed by atoms with Crippen LogP contribution >= 0.6 is 11.6 Å². The summed E-state index contributed by atoms with van der Waals surface area (Å²) >= 11 is 5.79. The number of nitrogens with zero attached hydrogens (tertiary/aromatic N) is 2. The molecule has 0 aromatic heterocycles. The van der Waals surface area contributed by atoms with Gasteiger partial charge in [0.15, 0.2) is 12.4 Å². The maximum atomic E-state index is 11.7. The van der Waals surface area contributed by atoms with Crippen LogP contribution in [0.2, 0.25) is 5.02 Å². The van der Waals surface area contributed by atoms with Gasteiger partial charge in [0.1, 0.15) is 5.75 Å². The maximum Gasteiger partial charge on any atom is 0.311 e. The van der Waals surface area contributed by atoms with Gasteiger partial charge >= 0.3 is 5.69 Å². The van der Waals surface area contributed by atoms with Crippen molar-refractivity contribution in [3.63, 3.8) is 0 Å². The van der Waals surface area contributed by atoms with E-state index in [4.69, 9.17) is 16.3 Å². The number of aryl methyl sites for hydroxylation is 1. The van der Waals surface area contributed by atoms with Gasteiger partial charge in [-0.05, 0) is 36.8 Å². The Hall–Kier alpha value is -3.13. The van der Waals surface area contributed by atoms with Crippen molar-refractivity contribution < 1.29 is 19.6 Å². The van der Waals surface area contributed by atoms with Gasteiger partial charge in [-0.1, -0.05) is 17.7 Å². The van der Waals surface area contributed by atoms with Crippen LogP contribution in [0.25, 0.3) is 0 Å². The molecule has 0 bridgehead atoms. The van der Waals surface area contributed by atoms with Gasteiger partial charge in [0, 0.05) is 16.7 Å². The van der Waals surface area contributed by atoms with Crippen molar-refractivity contribution in [2.45, 2.75) is 6.92 Å². The minimum absolute atomic E-state index is 0.0118. The van der Waals surface area contributed by atoms with Gasteiger partial charge < -0.3 is 9.84 Å². The zero-order valence-electron chi connectivity index (χ0n) is 13.1. The van der Waals surface area contributed by atoms with Crippen molar-refractivity contribution in [3.8, 4) is 11.5 Å². The quantitative estimate of drug-likeness (QED) is 0.465. The molecule has 0 saturated carbocycles. The Labute approximate surface area is 147 Å². The lowest BCUT2D eigenvalue weighted by molar-refractivity contribution is -0.385. The number of halogens is 1. The number of carbonyl (C=O) groups is 1. The SMILES string of the molecule is Cc1ccc(OCC(=O)NN=Cc2cc(Cl)ccc2O)c([N+](=O)[O-])c1. The number of nitro benzene ring substituents is 1. The Balaban J connectivity index is 1.94. The molecular weight excluding hydrogens is 350 g/mol. The predicted molar refractivity (Wildman–Crippen MR) is 92.2 cm³/mol. The molecule has 1 amide bonds. The number of amides is 1. The molecular formula is C16H14ClN3O5. The number of phenols is 1. The van der Waals surface area contributed by atoms with Crippen LogP contribution in [-0.4, -0.2) is 28.8 Å². The molecule has 0 unspecified atom stereocenters. The van der Waals surface area contributed by atoms with Crippen LogP contribution in [0, 0.1) is 17.0 Å². The molecule has 0 heterocycles. The highest BCUT2D eigenvalue weighted by molar-refractivity contribution is 6.30. The highest BCUT2D eigenvalue weighted by Gasteiger charge is 2.16. The molecule has 0 aliphatic rings. The number of nitrogens with one attached hydrogen (secondary N) is 1. The standard InChI is InChI=1S/C16H14ClN3O5/c1-10-2-5-15(13(6-10)20(23)24)25-9-16(22)19-18-8-11-7-12(17)3-4-14(11)21/h2-8,21H,9H2,1H3,(H,19,22). The van der Waals surface area contributed by atoms with E-state index in [1.807, 2.05) is 0 Å². The predicted octanol–water partition coefficient (Wildman–Crippen LogP) is 2.79. The summed E-state index contributed by atoms with van der Waals surface area (Å²) in [6.45, 7) is 1.26. The molecule has 130 valence electrons. The first-order chi connectivity index (χ1) is 11.9. The minimum atomic E-state index is -0.618. The summed E-state index contributed by atoms with van der Waals surface area (Å²) in [7, 11) is 0. The number of hydrazone groups is 1. The zero-order valence-corrected chi connectivity index (χ0v) is 13.9. The van der Waals surface area contributed by atoms with Crippen LogP contribution in [0.5, 0.6) is 11.5 Å². The first-order valence-corrected chi connectivity index (χ1v) is 7.43. The molecule has 0 aliphatic carbocycles. The van der Waals surface area contributed by atoms with Crippen LogP contribution in [0.4, 0.5) is 5.69 Å². The molecule has 0 fully saturated rings. The Morgan fingerprint density at radius 2 is 2.16 bits per heavy atom. The molecule has 2 aromatic carbocycles. The monoisotopic (exact) mass is 363 g/mol. The van der Waals surface area contributed by atoms with Crippen molar-refractivity contribution in [1.29, 1.82) is 0 Å². The number of carbonyl (C=O) groups excluding carboxylic acids is 1. The van der Waals surface area contributed by atoms with Crippen molar-refractivity contribution in [2.24, 2.45) is 5.10 Å². The molecule has 9 heteroatoms. The average molecular weight is 364 g/mol. The third kappa shape index (κ3) is 5.18. The van der Waals surface area contributed by atoms with Crippen LogP contribution in [-0.2, 0) is 4.79 Å². The molecule has 0 spiro atoms. The van der Waals surface area contributed by atoms with Gasteiger partial charge in [-0.15, -0.1) is 0 Å². The Morgan fingerprint density at radius 1 is 1.40 bits per heavy atom. The fraction of sp³-hybridized carbons (Fsp3) is 0.125. The summed E-state index contributed by atoms with van der Waals surface area (Å²) in [5, 5.41) is 24.7. The molecule has 0 saturated heterocycles. The van der Waals surface area contributed by atoms with Crippen molar-refractivity contribution >= 4 is 29.4 Å². The third-order valence-electron chi connectivity index (χ3n) is 3.05. The molecule has 0 radical (unpaired) electrons. The first kappa shape index (κ1) is 18.2. The maximum absolute atomic E-state index is 11.7. The average Bonchev–Trinajstić information content (AvgIpc) is 2.56. The second-order valence-corrected chi connectivity index (χ2v) is 5.45. The highest BCUT2D eigenvalue weighted by Crippen LogP contribution is 2.27. The van der Waals surface area contributed by atoms with E-state index >= 15 is 0 Å². The third-order valence-corrected chi connectivity index (χ3v) is 3.29. The van der Waals surface area contributed by atoms with Gasteiger partial charge in [0.05, 0.1) is 11.1 Å². The summed E-state index contributed by atoms with van der Waals surface area (Å²) < 4.78 is 5.16. The minimum Gasteiger partial charge on any atom is -0.507 e. The highest BCUT2D eigenvalue weighted by atomic mass is 35.5. The van der Waals surface area contributed by atoms with Crippen molar-refractivity contribution in [1.82, 2.24) is 5.43 Å². The van der Waals surface area contributed by atoms with E-state index in [2.05, 4.69) is 10.5 Å². The smallest absolute Gasteiger partial charge is 0.311 e. The number of rotatable bonds is 6. The molecule has 2 N–H and O–H groups in total. The summed E-state index contributed by atoms with van der Waals surface area (Å²) in [6, 6.07) is 8.79. The summed E-state index contributed by atoms with van der Waals surface area (Å²) in [6.07, 6.45) is 1.22. The fourth-order valence-corrected chi connectivity index (χ4v) is 2.05. The fourth-order valence-electron chi connectivity index (χ4n) is 1.87. The molecule has 8 nitrogen and oxygen atoms in total. The second kappa shape index (κ2) is 8.11. The van der Waals surface area contributed by atoms with E-state index in [9.17, 15) is 20.0 Å². The topological polar surface area (TPSA) is 114 Å². The van der Waals surface area contributed by atoms with Gasteiger partial charge in [0.2, 0.25) is 0 Å². The van der Waals surface area contributed by atoms with E-state index < -0.39 is 17.4 Å². The molecule has 0 atom stereocenters. The Kier molecular flexibility index (Phi) is 5.91. The van der Waals surface area contributed by atoms with Gasteiger partial charge in [-0.2, -0.15) is 5.10 Å². The number of hydrogen-bond acceptors (Lipinski definition) is 6. The van der Waals surface area contributed by atoms with Gasteiger partial charge in [0.25, 0.3) is 5.91 Å². The summed E-state index contributed by atoms with van der Waals surface area (Å²) in [4.78, 5) is 22.1. The van der Waals surface area contributed by atoms with E-state index in [0.29, 0.717) is 16.1 Å². The Morgan fingerprint density at radius 3 is 2.88 bits per heavy atom. The molecule has 2 aromatic rings. The van der Waals surface area contributed by atoms with Crippen molar-refractivity contribution in [2.75, 3.05) is 6.61 Å². The van der Waals surface area contributed by atoms with Crippen molar-refractivity contribution in [3.05, 3.63) is 62.7 Å². The van der Waals surface area contributed by atoms with E-state index in [1.165, 1.54) is 36.5 Å². The molecule has 0 aliphatic heterocycles.